The van der Waals surface area contributed by atoms with Gasteiger partial charge in [0.1, 0.15) is 11.6 Å². The molecule has 1 N–H and O–H groups in total. The van der Waals surface area contributed by atoms with Crippen molar-refractivity contribution in [1.29, 1.82) is 0 Å². The molecule has 0 saturated heterocycles. The highest BCUT2D eigenvalue weighted by Gasteiger charge is 2.34. The second-order valence-corrected chi connectivity index (χ2v) is 6.91. The first-order valence-corrected chi connectivity index (χ1v) is 9.31. The van der Waals surface area contributed by atoms with E-state index in [0.717, 1.165) is 10.7 Å². The first kappa shape index (κ1) is 22.1. The Hall–Kier alpha value is -3.62. The number of nitrogens with zero attached hydrogens (tertiary/aromatic N) is 2. The number of methoxy groups -OCH3 is 1. The predicted molar refractivity (Wildman–Crippen MR) is 109 cm³/mol. The van der Waals surface area contributed by atoms with Crippen LogP contribution in [0.3, 0.4) is 0 Å². The van der Waals surface area contributed by atoms with Crippen molar-refractivity contribution in [3.8, 4) is 11.4 Å². The Balaban J connectivity index is 1.92. The molecule has 1 amide bonds. The maximum Gasteiger partial charge on any atom is 0.418 e. The van der Waals surface area contributed by atoms with Crippen molar-refractivity contribution in [2.45, 2.75) is 26.4 Å². The lowest BCUT2D eigenvalue weighted by Crippen LogP contribution is -2.19. The predicted octanol–water partition coefficient (Wildman–Crippen LogP) is 4.59. The van der Waals surface area contributed by atoms with Crippen LogP contribution in [0.2, 0.25) is 0 Å². The Labute approximate surface area is 176 Å². The molecule has 0 atom stereocenters. The molecule has 3 rings (SSSR count). The average Bonchev–Trinajstić information content (AvgIpc) is 3.06. The van der Waals surface area contributed by atoms with Crippen molar-refractivity contribution in [3.63, 3.8) is 0 Å². The number of rotatable bonds is 6. The fourth-order valence-electron chi connectivity index (χ4n) is 3.17. The van der Waals surface area contributed by atoms with Crippen LogP contribution in [0.1, 0.15) is 34.1 Å². The quantitative estimate of drug-likeness (QED) is 0.580. The summed E-state index contributed by atoms with van der Waals surface area (Å²) in [6, 6.07) is 11.2. The molecule has 1 heterocycles. The number of halogens is 3. The van der Waals surface area contributed by atoms with E-state index in [-0.39, 0.29) is 23.7 Å². The van der Waals surface area contributed by atoms with Crippen LogP contribution in [0.4, 0.5) is 19.0 Å². The van der Waals surface area contributed by atoms with Crippen molar-refractivity contribution in [1.82, 2.24) is 9.78 Å². The van der Waals surface area contributed by atoms with Crippen LogP contribution < -0.4 is 10.1 Å². The second-order valence-electron chi connectivity index (χ2n) is 6.91. The van der Waals surface area contributed by atoms with Gasteiger partial charge in [-0.3, -0.25) is 9.59 Å². The summed E-state index contributed by atoms with van der Waals surface area (Å²) in [4.78, 5) is 24.3. The molecule has 0 bridgehead atoms. The standard InChI is InChI=1S/C22H20F3N3O3/c1-13-10-20(28(27-13)18-7-5-4-6-17(18)22(23,24)25)26-21(30)12-16-11-15(14(2)29)8-9-19(16)31-3/h4-11H,12H2,1-3H3,(H,26,30). The van der Waals surface area contributed by atoms with Crippen molar-refractivity contribution < 1.29 is 27.5 Å². The molecule has 162 valence electrons. The topological polar surface area (TPSA) is 73.2 Å². The van der Waals surface area contributed by atoms with Gasteiger partial charge in [0.05, 0.1) is 30.5 Å². The van der Waals surface area contributed by atoms with E-state index in [4.69, 9.17) is 4.74 Å². The zero-order valence-corrected chi connectivity index (χ0v) is 17.1. The van der Waals surface area contributed by atoms with Gasteiger partial charge in [-0.05, 0) is 44.2 Å². The number of para-hydroxylation sites is 1. The monoisotopic (exact) mass is 431 g/mol. The van der Waals surface area contributed by atoms with E-state index in [1.165, 1.54) is 38.3 Å². The number of alkyl halides is 3. The normalized spacial score (nSPS) is 11.3. The molecule has 0 aliphatic heterocycles. The number of benzene rings is 2. The van der Waals surface area contributed by atoms with Crippen LogP contribution in [0.15, 0.2) is 48.5 Å². The lowest BCUT2D eigenvalue weighted by Gasteiger charge is -2.15. The molecule has 0 aliphatic rings. The van der Waals surface area contributed by atoms with Gasteiger partial charge >= 0.3 is 6.18 Å². The Kier molecular flexibility index (Phi) is 6.14. The molecule has 0 spiro atoms. The Morgan fingerprint density at radius 3 is 2.48 bits per heavy atom. The van der Waals surface area contributed by atoms with Crippen LogP contribution in [-0.4, -0.2) is 28.6 Å². The molecular formula is C22H20F3N3O3. The summed E-state index contributed by atoms with van der Waals surface area (Å²) in [5.41, 5.74) is 0.261. The zero-order chi connectivity index (χ0) is 22.8. The number of Topliss-reactive ketones (excluding diaryl/α,β-unsaturated/α-hetero) is 1. The highest BCUT2D eigenvalue weighted by molar-refractivity contribution is 5.96. The molecule has 6 nitrogen and oxygen atoms in total. The van der Waals surface area contributed by atoms with Gasteiger partial charge in [-0.2, -0.15) is 18.3 Å². The number of carbonyl (C=O) groups is 2. The summed E-state index contributed by atoms with van der Waals surface area (Å²) >= 11 is 0. The third kappa shape index (κ3) is 4.93. The van der Waals surface area contributed by atoms with Gasteiger partial charge in [0, 0.05) is 17.2 Å². The molecule has 3 aromatic rings. The maximum absolute atomic E-state index is 13.4. The van der Waals surface area contributed by atoms with E-state index in [1.807, 2.05) is 0 Å². The molecule has 0 saturated carbocycles. The molecule has 2 aromatic carbocycles. The molecule has 0 aliphatic carbocycles. The van der Waals surface area contributed by atoms with Crippen LogP contribution >= 0.6 is 0 Å². The van der Waals surface area contributed by atoms with Crippen molar-refractivity contribution in [2.24, 2.45) is 0 Å². The number of aromatic nitrogens is 2. The summed E-state index contributed by atoms with van der Waals surface area (Å²) in [5.74, 6) is -0.139. The minimum atomic E-state index is -4.59. The molecule has 9 heteroatoms. The molecule has 0 unspecified atom stereocenters. The van der Waals surface area contributed by atoms with Gasteiger partial charge in [-0.15, -0.1) is 0 Å². The number of carbonyl (C=O) groups excluding carboxylic acids is 2. The fraction of sp³-hybridized carbons (Fsp3) is 0.227. The highest BCUT2D eigenvalue weighted by atomic mass is 19.4. The summed E-state index contributed by atoms with van der Waals surface area (Å²) < 4.78 is 46.6. The molecule has 0 fully saturated rings. The number of anilines is 1. The number of hydrogen-bond donors (Lipinski definition) is 1. The Morgan fingerprint density at radius 2 is 1.84 bits per heavy atom. The van der Waals surface area contributed by atoms with E-state index in [1.54, 1.807) is 25.1 Å². The van der Waals surface area contributed by atoms with Crippen LogP contribution in [0.25, 0.3) is 5.69 Å². The first-order chi connectivity index (χ1) is 14.6. The number of nitrogens with one attached hydrogen (secondary N) is 1. The van der Waals surface area contributed by atoms with E-state index in [9.17, 15) is 22.8 Å². The van der Waals surface area contributed by atoms with Gasteiger partial charge in [0.15, 0.2) is 5.78 Å². The fourth-order valence-corrected chi connectivity index (χ4v) is 3.17. The number of hydrogen-bond acceptors (Lipinski definition) is 4. The van der Waals surface area contributed by atoms with E-state index >= 15 is 0 Å². The van der Waals surface area contributed by atoms with Crippen molar-refractivity contribution >= 4 is 17.5 Å². The van der Waals surface area contributed by atoms with Gasteiger partial charge in [0.2, 0.25) is 5.91 Å². The minimum absolute atomic E-state index is 0.0980. The Morgan fingerprint density at radius 1 is 1.13 bits per heavy atom. The lowest BCUT2D eigenvalue weighted by atomic mass is 10.0. The van der Waals surface area contributed by atoms with Crippen molar-refractivity contribution in [2.75, 3.05) is 12.4 Å². The van der Waals surface area contributed by atoms with Crippen molar-refractivity contribution in [3.05, 3.63) is 70.9 Å². The average molecular weight is 431 g/mol. The number of aryl methyl sites for hydroxylation is 1. The smallest absolute Gasteiger partial charge is 0.418 e. The van der Waals surface area contributed by atoms with Gasteiger partial charge in [0.25, 0.3) is 0 Å². The van der Waals surface area contributed by atoms with E-state index in [2.05, 4.69) is 10.4 Å². The van der Waals surface area contributed by atoms with Gasteiger partial charge < -0.3 is 10.1 Å². The largest absolute Gasteiger partial charge is 0.496 e. The first-order valence-electron chi connectivity index (χ1n) is 9.31. The number of amides is 1. The minimum Gasteiger partial charge on any atom is -0.496 e. The number of ketones is 1. The third-order valence-electron chi connectivity index (χ3n) is 4.57. The molecule has 0 radical (unpaired) electrons. The lowest BCUT2D eigenvalue weighted by molar-refractivity contribution is -0.137. The molecular weight excluding hydrogens is 411 g/mol. The summed E-state index contributed by atoms with van der Waals surface area (Å²) in [6.45, 7) is 3.02. The van der Waals surface area contributed by atoms with E-state index < -0.39 is 17.6 Å². The second kappa shape index (κ2) is 8.63. The summed E-state index contributed by atoms with van der Waals surface area (Å²) in [7, 11) is 1.44. The van der Waals surface area contributed by atoms with E-state index in [0.29, 0.717) is 22.6 Å². The Bertz CT molecular complexity index is 1140. The maximum atomic E-state index is 13.4. The SMILES string of the molecule is COc1ccc(C(C)=O)cc1CC(=O)Nc1cc(C)nn1-c1ccccc1C(F)(F)F. The molecule has 31 heavy (non-hydrogen) atoms. The van der Waals surface area contributed by atoms with Crippen LogP contribution in [0.5, 0.6) is 5.75 Å². The zero-order valence-electron chi connectivity index (χ0n) is 17.1. The van der Waals surface area contributed by atoms with Crippen LogP contribution in [0, 0.1) is 6.92 Å². The van der Waals surface area contributed by atoms with Gasteiger partial charge in [-0.1, -0.05) is 12.1 Å². The van der Waals surface area contributed by atoms with Crippen LogP contribution in [-0.2, 0) is 17.4 Å². The number of ether oxygens (including phenoxy) is 1. The summed E-state index contributed by atoms with van der Waals surface area (Å²) in [6.07, 6.45) is -4.73. The molecule has 1 aromatic heterocycles. The third-order valence-corrected chi connectivity index (χ3v) is 4.57. The van der Waals surface area contributed by atoms with Gasteiger partial charge in [-0.25, -0.2) is 4.68 Å². The highest BCUT2D eigenvalue weighted by Crippen LogP contribution is 2.34. The summed E-state index contributed by atoms with van der Waals surface area (Å²) in [5, 5.41) is 6.73.